The molecule has 6 nitrogen and oxygen atoms in total. The molecule has 0 spiro atoms. The van der Waals surface area contributed by atoms with Crippen LogP contribution in [0.5, 0.6) is 0 Å². The number of likely N-dealkylation sites (tertiary alicyclic amines) is 1. The maximum atomic E-state index is 12.5. The van der Waals surface area contributed by atoms with E-state index in [1.165, 1.54) is 17.5 Å². The van der Waals surface area contributed by atoms with Gasteiger partial charge in [-0.05, 0) is 76.6 Å². The Morgan fingerprint density at radius 1 is 1.22 bits per heavy atom. The number of carbonyl (C=O) groups is 1. The number of ether oxygens (including phenoxy) is 1. The summed E-state index contributed by atoms with van der Waals surface area (Å²) in [4.78, 5) is 19.2. The van der Waals surface area contributed by atoms with Gasteiger partial charge in [0.05, 0.1) is 6.07 Å². The van der Waals surface area contributed by atoms with Crippen molar-refractivity contribution in [2.24, 2.45) is 0 Å². The summed E-state index contributed by atoms with van der Waals surface area (Å²) in [7, 11) is 0. The van der Waals surface area contributed by atoms with Crippen molar-refractivity contribution in [2.45, 2.75) is 76.6 Å². The van der Waals surface area contributed by atoms with Gasteiger partial charge in [-0.15, -0.1) is 0 Å². The molecule has 2 fully saturated rings. The minimum Gasteiger partial charge on any atom is -0.444 e. The molecule has 2 unspecified atom stereocenters. The van der Waals surface area contributed by atoms with E-state index in [1.807, 2.05) is 20.8 Å². The van der Waals surface area contributed by atoms with E-state index in [2.05, 4.69) is 56.9 Å². The van der Waals surface area contributed by atoms with Crippen molar-refractivity contribution in [2.75, 3.05) is 32.7 Å². The van der Waals surface area contributed by atoms with Crippen LogP contribution >= 0.6 is 15.9 Å². The first-order valence-electron chi connectivity index (χ1n) is 11.8. The molecule has 0 radical (unpaired) electrons. The second-order valence-corrected chi connectivity index (χ2v) is 11.5. The van der Waals surface area contributed by atoms with Crippen LogP contribution in [0.25, 0.3) is 0 Å². The molecule has 2 saturated heterocycles. The second kappa shape index (κ2) is 8.96. The molecule has 3 aliphatic rings. The Morgan fingerprint density at radius 3 is 2.56 bits per heavy atom. The van der Waals surface area contributed by atoms with E-state index in [0.717, 1.165) is 30.5 Å². The highest BCUT2D eigenvalue weighted by atomic mass is 79.9. The molecule has 2 heterocycles. The van der Waals surface area contributed by atoms with Gasteiger partial charge >= 0.3 is 6.09 Å². The van der Waals surface area contributed by atoms with Crippen LogP contribution in [0.1, 0.15) is 64.1 Å². The van der Waals surface area contributed by atoms with Gasteiger partial charge in [0.1, 0.15) is 11.1 Å². The zero-order chi connectivity index (χ0) is 23.1. The quantitative estimate of drug-likeness (QED) is 0.584. The highest BCUT2D eigenvalue weighted by Crippen LogP contribution is 2.40. The Bertz CT molecular complexity index is 898. The van der Waals surface area contributed by atoms with Crippen molar-refractivity contribution in [3.8, 4) is 6.07 Å². The lowest BCUT2D eigenvalue weighted by Crippen LogP contribution is -2.63. The largest absolute Gasteiger partial charge is 0.444 e. The van der Waals surface area contributed by atoms with Crippen LogP contribution in [0.4, 0.5) is 4.79 Å². The molecule has 7 heteroatoms. The molecule has 1 aromatic rings. The van der Waals surface area contributed by atoms with E-state index < -0.39 is 11.1 Å². The van der Waals surface area contributed by atoms with Crippen molar-refractivity contribution >= 4 is 22.0 Å². The SMILES string of the molecule is CC1CN(C2(C#N)CCN(C(=O)OC(C)(C)C)CC2)CCN1C1CCc2cc(Br)ccc21. The van der Waals surface area contributed by atoms with E-state index in [4.69, 9.17) is 4.74 Å². The van der Waals surface area contributed by atoms with E-state index >= 15 is 0 Å². The zero-order valence-corrected chi connectivity index (χ0v) is 21.3. The number of amides is 1. The van der Waals surface area contributed by atoms with Crippen LogP contribution in [-0.4, -0.2) is 70.7 Å². The van der Waals surface area contributed by atoms with Gasteiger partial charge in [0.15, 0.2) is 0 Å². The molecule has 0 saturated carbocycles. The van der Waals surface area contributed by atoms with Crippen molar-refractivity contribution in [1.82, 2.24) is 14.7 Å². The Balaban J connectivity index is 1.39. The summed E-state index contributed by atoms with van der Waals surface area (Å²) in [6.45, 7) is 11.9. The average Bonchev–Trinajstić information content (AvgIpc) is 3.15. The molecule has 32 heavy (non-hydrogen) atoms. The zero-order valence-electron chi connectivity index (χ0n) is 19.7. The number of piperazine rings is 1. The fourth-order valence-corrected chi connectivity index (χ4v) is 6.02. The standard InChI is InChI=1S/C25H35BrN4O2/c1-18-16-29(13-14-30(18)22-8-5-19-15-20(26)6-7-21(19)22)25(17-27)9-11-28(12-10-25)23(31)32-24(2,3)4/h6-7,15,18,22H,5,8-14,16H2,1-4H3. The number of fused-ring (bicyclic) bond motifs is 1. The minimum absolute atomic E-state index is 0.270. The van der Waals surface area contributed by atoms with Crippen LogP contribution in [0.2, 0.25) is 0 Å². The molecule has 2 aliphatic heterocycles. The van der Waals surface area contributed by atoms with Gasteiger partial charge in [0.2, 0.25) is 0 Å². The summed E-state index contributed by atoms with van der Waals surface area (Å²) in [5, 5.41) is 10.2. The number of aryl methyl sites for hydroxylation is 1. The number of benzene rings is 1. The van der Waals surface area contributed by atoms with E-state index in [0.29, 0.717) is 38.0 Å². The third kappa shape index (κ3) is 4.69. The van der Waals surface area contributed by atoms with Gasteiger partial charge in [-0.1, -0.05) is 22.0 Å². The lowest BCUT2D eigenvalue weighted by molar-refractivity contribution is -0.0238. The summed E-state index contributed by atoms with van der Waals surface area (Å²) >= 11 is 3.60. The number of nitriles is 1. The van der Waals surface area contributed by atoms with Gasteiger partial charge < -0.3 is 9.64 Å². The predicted octanol–water partition coefficient (Wildman–Crippen LogP) is 4.74. The molecule has 4 rings (SSSR count). The number of hydrogen-bond donors (Lipinski definition) is 0. The highest BCUT2D eigenvalue weighted by Gasteiger charge is 2.45. The van der Waals surface area contributed by atoms with Crippen LogP contribution < -0.4 is 0 Å². The Hall–Kier alpha value is -1.62. The lowest BCUT2D eigenvalue weighted by Gasteiger charge is -2.50. The molecular formula is C25H35BrN4O2. The normalized spacial score (nSPS) is 26.4. The summed E-state index contributed by atoms with van der Waals surface area (Å²) in [5.74, 6) is 0. The molecule has 1 aromatic carbocycles. The molecular weight excluding hydrogens is 468 g/mol. The number of hydrogen-bond acceptors (Lipinski definition) is 5. The number of rotatable bonds is 2. The number of piperidine rings is 1. The van der Waals surface area contributed by atoms with Crippen LogP contribution in [0.3, 0.4) is 0 Å². The molecule has 1 amide bonds. The minimum atomic E-state index is -0.498. The Kier molecular flexibility index (Phi) is 6.59. The molecule has 2 atom stereocenters. The Morgan fingerprint density at radius 2 is 1.94 bits per heavy atom. The first-order valence-corrected chi connectivity index (χ1v) is 12.6. The maximum absolute atomic E-state index is 12.5. The van der Waals surface area contributed by atoms with Gasteiger partial charge in [0, 0.05) is 49.3 Å². The second-order valence-electron chi connectivity index (χ2n) is 10.5. The van der Waals surface area contributed by atoms with Gasteiger partial charge in [-0.25, -0.2) is 4.79 Å². The van der Waals surface area contributed by atoms with E-state index in [1.54, 1.807) is 4.90 Å². The summed E-state index contributed by atoms with van der Waals surface area (Å²) in [6.07, 6.45) is 3.39. The topological polar surface area (TPSA) is 59.8 Å². The van der Waals surface area contributed by atoms with Crippen molar-refractivity contribution < 1.29 is 9.53 Å². The fraction of sp³-hybridized carbons (Fsp3) is 0.680. The van der Waals surface area contributed by atoms with Crippen molar-refractivity contribution in [1.29, 1.82) is 5.26 Å². The highest BCUT2D eigenvalue weighted by molar-refractivity contribution is 9.10. The molecule has 0 bridgehead atoms. The number of nitrogens with zero attached hydrogens (tertiary/aromatic N) is 4. The van der Waals surface area contributed by atoms with Crippen LogP contribution in [0, 0.1) is 11.3 Å². The maximum Gasteiger partial charge on any atom is 0.410 e. The van der Waals surface area contributed by atoms with Crippen molar-refractivity contribution in [3.05, 3.63) is 33.8 Å². The molecule has 0 N–H and O–H groups in total. The average molecular weight is 503 g/mol. The van der Waals surface area contributed by atoms with Crippen LogP contribution in [-0.2, 0) is 11.2 Å². The van der Waals surface area contributed by atoms with E-state index in [-0.39, 0.29) is 6.09 Å². The van der Waals surface area contributed by atoms with Gasteiger partial charge in [-0.2, -0.15) is 5.26 Å². The monoisotopic (exact) mass is 502 g/mol. The molecule has 0 aromatic heterocycles. The van der Waals surface area contributed by atoms with Crippen LogP contribution in [0.15, 0.2) is 22.7 Å². The Labute approximate surface area is 200 Å². The van der Waals surface area contributed by atoms with Gasteiger partial charge in [0.25, 0.3) is 0 Å². The van der Waals surface area contributed by atoms with Crippen molar-refractivity contribution in [3.63, 3.8) is 0 Å². The first-order chi connectivity index (χ1) is 15.1. The summed E-state index contributed by atoms with van der Waals surface area (Å²) in [5.41, 5.74) is 1.94. The third-order valence-corrected chi connectivity index (χ3v) is 7.78. The first kappa shape index (κ1) is 23.5. The summed E-state index contributed by atoms with van der Waals surface area (Å²) < 4.78 is 6.69. The van der Waals surface area contributed by atoms with Gasteiger partial charge in [-0.3, -0.25) is 9.80 Å². The summed E-state index contributed by atoms with van der Waals surface area (Å²) in [6, 6.07) is 10.2. The smallest absolute Gasteiger partial charge is 0.410 e. The predicted molar refractivity (Wildman–Crippen MR) is 128 cm³/mol. The third-order valence-electron chi connectivity index (χ3n) is 7.29. The fourth-order valence-electron chi connectivity index (χ4n) is 5.62. The molecule has 174 valence electrons. The number of carbonyl (C=O) groups excluding carboxylic acids is 1. The van der Waals surface area contributed by atoms with E-state index in [9.17, 15) is 10.1 Å². The number of halogens is 1. The molecule has 1 aliphatic carbocycles. The lowest BCUT2D eigenvalue weighted by atomic mass is 9.85.